The number of hydrogen-bond donors (Lipinski definition) is 1. The number of rotatable bonds is 7. The molecule has 1 fully saturated rings. The molecule has 3 rings (SSSR count). The lowest BCUT2D eigenvalue weighted by Crippen LogP contribution is -2.36. The Labute approximate surface area is 158 Å². The third-order valence-corrected chi connectivity index (χ3v) is 4.70. The minimum absolute atomic E-state index is 0.732. The Balaban J connectivity index is 1.62. The molecule has 0 unspecified atom stereocenters. The molecule has 0 saturated carbocycles. The largest absolute Gasteiger partial charge is 0.493 e. The lowest BCUT2D eigenvalue weighted by Gasteiger charge is -2.29. The van der Waals surface area contributed by atoms with Crippen LogP contribution in [0.3, 0.4) is 0 Å². The summed E-state index contributed by atoms with van der Waals surface area (Å²) in [6.45, 7) is 7.13. The highest BCUT2D eigenvalue weighted by Gasteiger charge is 2.11. The van der Waals surface area contributed by atoms with Crippen molar-refractivity contribution in [2.75, 3.05) is 43.1 Å². The molecule has 0 aromatic heterocycles. The Morgan fingerprint density at radius 1 is 1.12 bits per heavy atom. The van der Waals surface area contributed by atoms with Crippen LogP contribution in [-0.4, -0.2) is 32.9 Å². The highest BCUT2D eigenvalue weighted by molar-refractivity contribution is 9.10. The predicted molar refractivity (Wildman–Crippen MR) is 107 cm³/mol. The Kier molecular flexibility index (Phi) is 6.59. The van der Waals surface area contributed by atoms with Gasteiger partial charge in [0.2, 0.25) is 0 Å². The summed E-state index contributed by atoms with van der Waals surface area (Å²) in [6.07, 6.45) is 1.01. The normalized spacial score (nSPS) is 14.4. The molecular weight excluding hydrogens is 380 g/mol. The maximum absolute atomic E-state index is 5.85. The second kappa shape index (κ2) is 9.11. The summed E-state index contributed by atoms with van der Waals surface area (Å²) in [7, 11) is 0. The highest BCUT2D eigenvalue weighted by atomic mass is 79.9. The fourth-order valence-corrected chi connectivity index (χ4v) is 3.26. The van der Waals surface area contributed by atoms with E-state index in [4.69, 9.17) is 9.47 Å². The minimum atomic E-state index is 0.732. The second-order valence-electron chi connectivity index (χ2n) is 6.10. The molecule has 25 heavy (non-hydrogen) atoms. The van der Waals surface area contributed by atoms with Gasteiger partial charge < -0.3 is 19.7 Å². The molecule has 134 valence electrons. The number of nitrogens with zero attached hydrogens (tertiary/aromatic N) is 1. The van der Waals surface area contributed by atoms with Crippen LogP contribution in [0.25, 0.3) is 0 Å². The van der Waals surface area contributed by atoms with E-state index in [9.17, 15) is 0 Å². The van der Waals surface area contributed by atoms with E-state index in [1.165, 1.54) is 5.69 Å². The molecule has 0 bridgehead atoms. The van der Waals surface area contributed by atoms with Crippen LogP contribution in [0, 0.1) is 0 Å². The summed E-state index contributed by atoms with van der Waals surface area (Å²) in [5.41, 5.74) is 3.52. The van der Waals surface area contributed by atoms with E-state index in [-0.39, 0.29) is 0 Å². The summed E-state index contributed by atoms with van der Waals surface area (Å²) >= 11 is 3.55. The maximum Gasteiger partial charge on any atom is 0.124 e. The Morgan fingerprint density at radius 3 is 2.60 bits per heavy atom. The fraction of sp³-hybridized carbons (Fsp3) is 0.400. The molecule has 1 N–H and O–H groups in total. The number of hydrogen-bond acceptors (Lipinski definition) is 4. The van der Waals surface area contributed by atoms with Crippen LogP contribution in [0.4, 0.5) is 11.4 Å². The topological polar surface area (TPSA) is 33.7 Å². The van der Waals surface area contributed by atoms with Gasteiger partial charge in [-0.15, -0.1) is 0 Å². The van der Waals surface area contributed by atoms with Gasteiger partial charge in [0, 0.05) is 41.0 Å². The molecule has 0 amide bonds. The molecule has 2 aromatic carbocycles. The number of ether oxygens (including phenoxy) is 2. The molecule has 0 atom stereocenters. The summed E-state index contributed by atoms with van der Waals surface area (Å²) in [4.78, 5) is 2.36. The van der Waals surface area contributed by atoms with Gasteiger partial charge in [-0.25, -0.2) is 0 Å². The van der Waals surface area contributed by atoms with Crippen LogP contribution >= 0.6 is 15.9 Å². The Hall–Kier alpha value is -1.72. The van der Waals surface area contributed by atoms with Gasteiger partial charge in [-0.1, -0.05) is 22.9 Å². The first-order valence-corrected chi connectivity index (χ1v) is 9.63. The zero-order chi connectivity index (χ0) is 17.5. The van der Waals surface area contributed by atoms with Gasteiger partial charge in [-0.2, -0.15) is 0 Å². The van der Waals surface area contributed by atoms with Gasteiger partial charge in [0.1, 0.15) is 5.75 Å². The number of halogens is 1. The van der Waals surface area contributed by atoms with Crippen molar-refractivity contribution < 1.29 is 9.47 Å². The predicted octanol–water partition coefficient (Wildman–Crippen LogP) is 4.69. The summed E-state index contributed by atoms with van der Waals surface area (Å²) in [6, 6.07) is 14.8. The fourth-order valence-electron chi connectivity index (χ4n) is 2.85. The van der Waals surface area contributed by atoms with E-state index in [1.807, 2.05) is 12.1 Å². The van der Waals surface area contributed by atoms with Crippen molar-refractivity contribution in [2.24, 2.45) is 0 Å². The molecule has 1 aliphatic rings. The lowest BCUT2D eigenvalue weighted by molar-refractivity contribution is 0.122. The molecule has 4 nitrogen and oxygen atoms in total. The van der Waals surface area contributed by atoms with Gasteiger partial charge in [-0.3, -0.25) is 0 Å². The molecule has 0 radical (unpaired) electrons. The van der Waals surface area contributed by atoms with Gasteiger partial charge in [0.05, 0.1) is 19.8 Å². The lowest BCUT2D eigenvalue weighted by atomic mass is 10.2. The van der Waals surface area contributed by atoms with E-state index < -0.39 is 0 Å². The zero-order valence-electron chi connectivity index (χ0n) is 14.6. The first-order chi connectivity index (χ1) is 12.3. The standard InChI is InChI=1S/C20H25BrN2O2/c1-2-11-25-20-8-3-17(21)14-16(20)15-22-18-4-6-19(7-5-18)23-9-12-24-13-10-23/h3-8,14,22H,2,9-13,15H2,1H3. The molecular formula is C20H25BrN2O2. The Morgan fingerprint density at radius 2 is 1.88 bits per heavy atom. The van der Waals surface area contributed by atoms with Gasteiger partial charge >= 0.3 is 0 Å². The van der Waals surface area contributed by atoms with Crippen molar-refractivity contribution in [2.45, 2.75) is 19.9 Å². The van der Waals surface area contributed by atoms with Gasteiger partial charge in [-0.05, 0) is 48.9 Å². The molecule has 1 saturated heterocycles. The molecule has 0 spiro atoms. The monoisotopic (exact) mass is 404 g/mol. The summed E-state index contributed by atoms with van der Waals surface area (Å²) < 4.78 is 12.3. The number of anilines is 2. The van der Waals surface area contributed by atoms with Crippen molar-refractivity contribution >= 4 is 27.3 Å². The molecule has 0 aliphatic carbocycles. The van der Waals surface area contributed by atoms with E-state index >= 15 is 0 Å². The average molecular weight is 405 g/mol. The van der Waals surface area contributed by atoms with Crippen LogP contribution in [0.2, 0.25) is 0 Å². The SMILES string of the molecule is CCCOc1ccc(Br)cc1CNc1ccc(N2CCOCC2)cc1. The van der Waals surface area contributed by atoms with Crippen LogP contribution in [0.5, 0.6) is 5.75 Å². The summed E-state index contributed by atoms with van der Waals surface area (Å²) in [5, 5.41) is 3.49. The molecule has 1 heterocycles. The Bertz CT molecular complexity index is 670. The van der Waals surface area contributed by atoms with Crippen molar-refractivity contribution in [1.29, 1.82) is 0 Å². The number of benzene rings is 2. The molecule has 1 aliphatic heterocycles. The van der Waals surface area contributed by atoms with E-state index in [0.717, 1.165) is 67.3 Å². The van der Waals surface area contributed by atoms with Crippen LogP contribution in [0.15, 0.2) is 46.9 Å². The van der Waals surface area contributed by atoms with E-state index in [2.05, 4.69) is 63.4 Å². The smallest absolute Gasteiger partial charge is 0.124 e. The third-order valence-electron chi connectivity index (χ3n) is 4.21. The zero-order valence-corrected chi connectivity index (χ0v) is 16.2. The first kappa shape index (κ1) is 18.1. The van der Waals surface area contributed by atoms with Crippen molar-refractivity contribution in [3.05, 3.63) is 52.5 Å². The number of nitrogens with one attached hydrogen (secondary N) is 1. The van der Waals surface area contributed by atoms with Gasteiger partial charge in [0.25, 0.3) is 0 Å². The van der Waals surface area contributed by atoms with Gasteiger partial charge in [0.15, 0.2) is 0 Å². The van der Waals surface area contributed by atoms with Crippen molar-refractivity contribution in [3.63, 3.8) is 0 Å². The van der Waals surface area contributed by atoms with Crippen LogP contribution in [-0.2, 0) is 11.3 Å². The minimum Gasteiger partial charge on any atom is -0.493 e. The second-order valence-corrected chi connectivity index (χ2v) is 7.02. The van der Waals surface area contributed by atoms with E-state index in [1.54, 1.807) is 0 Å². The van der Waals surface area contributed by atoms with E-state index in [0.29, 0.717) is 0 Å². The highest BCUT2D eigenvalue weighted by Crippen LogP contribution is 2.25. The van der Waals surface area contributed by atoms with Crippen molar-refractivity contribution in [1.82, 2.24) is 0 Å². The molecule has 2 aromatic rings. The summed E-state index contributed by atoms with van der Waals surface area (Å²) in [5.74, 6) is 0.947. The van der Waals surface area contributed by atoms with Crippen molar-refractivity contribution in [3.8, 4) is 5.75 Å². The third kappa shape index (κ3) is 5.13. The van der Waals surface area contributed by atoms with Crippen LogP contribution < -0.4 is 15.0 Å². The first-order valence-electron chi connectivity index (χ1n) is 8.84. The number of morpholine rings is 1. The quantitative estimate of drug-likeness (QED) is 0.725. The maximum atomic E-state index is 5.85. The average Bonchev–Trinajstić information content (AvgIpc) is 2.67. The molecule has 5 heteroatoms. The van der Waals surface area contributed by atoms with Crippen LogP contribution in [0.1, 0.15) is 18.9 Å².